The van der Waals surface area contributed by atoms with Gasteiger partial charge in [-0.3, -0.25) is 19.4 Å². The molecule has 9 atom stereocenters. The lowest BCUT2D eigenvalue weighted by Gasteiger charge is -2.38. The summed E-state index contributed by atoms with van der Waals surface area (Å²) in [6.45, 7) is 15.1. The molecule has 4 aliphatic rings. The van der Waals surface area contributed by atoms with Crippen molar-refractivity contribution >= 4 is 52.4 Å². The average molecular weight is 971 g/mol. The number of piperazine rings is 1. The quantitative estimate of drug-likeness (QED) is 0.0483. The minimum atomic E-state index is -2.04. The van der Waals surface area contributed by atoms with Crippen molar-refractivity contribution in [2.75, 3.05) is 45.7 Å². The first-order chi connectivity index (χ1) is 33.0. The molecule has 3 aromatic rings. The minimum absolute atomic E-state index is 0.0559. The minimum Gasteiger partial charge on any atom is -0.507 e. The number of ether oxygens (including phenoxy) is 4. The molecule has 5 bridgehead atoms. The van der Waals surface area contributed by atoms with Crippen molar-refractivity contribution in [1.82, 2.24) is 9.91 Å². The highest BCUT2D eigenvalue weighted by atomic mass is 16.7. The van der Waals surface area contributed by atoms with E-state index in [4.69, 9.17) is 24.1 Å². The first-order valence-corrected chi connectivity index (χ1v) is 23.0. The van der Waals surface area contributed by atoms with Crippen molar-refractivity contribution in [1.29, 1.82) is 0 Å². The lowest BCUT2D eigenvalue weighted by atomic mass is 9.78. The van der Waals surface area contributed by atoms with Crippen LogP contribution in [0, 0.1) is 30.6 Å². The number of nitrogens with zero attached hydrogens (tertiary/aromatic N) is 3. The number of hydrazone groups is 1. The Morgan fingerprint density at radius 2 is 1.56 bits per heavy atom. The zero-order valence-corrected chi connectivity index (χ0v) is 41.2. The SMILES string of the molecule is CO[C@H]1/C=C/O[C@@]2(C)Oc3c(C)c(O)c4c(O)c(c(/C=N\N5CCN(C)CC5)c(O)c4c3C2=O)NC(=O)/C(C)=C\C=C\[C@H](C)[C@H](O)[C@@H](C)[C@@H](O)[C@@H](C)[C@H](OC(C)=O)[C@@H]1C.O=C(O)/C=C/c1ccccc1. The highest BCUT2D eigenvalue weighted by molar-refractivity contribution is 6.23. The largest absolute Gasteiger partial charge is 0.507 e. The first-order valence-electron chi connectivity index (χ1n) is 23.0. The van der Waals surface area contributed by atoms with Gasteiger partial charge in [0, 0.05) is 93.4 Å². The number of aliphatic hydroxyl groups excluding tert-OH is 2. The third-order valence-electron chi connectivity index (χ3n) is 13.1. The van der Waals surface area contributed by atoms with E-state index >= 15 is 0 Å². The van der Waals surface area contributed by atoms with Gasteiger partial charge in [-0.15, -0.1) is 0 Å². The van der Waals surface area contributed by atoms with E-state index in [2.05, 4.69) is 15.3 Å². The van der Waals surface area contributed by atoms with Crippen LogP contribution in [0.3, 0.4) is 0 Å². The maximum atomic E-state index is 14.4. The molecule has 0 aliphatic carbocycles. The number of likely N-dealkylation sites (N-methyl/N-ethyl adjacent to an activating group) is 1. The number of amides is 1. The average Bonchev–Trinajstić information content (AvgIpc) is 3.59. The van der Waals surface area contributed by atoms with Crippen LogP contribution in [0.1, 0.15) is 75.5 Å². The molecule has 0 aromatic heterocycles. The fourth-order valence-corrected chi connectivity index (χ4v) is 8.65. The van der Waals surface area contributed by atoms with Crippen LogP contribution in [0.4, 0.5) is 5.69 Å². The molecule has 0 spiro atoms. The van der Waals surface area contributed by atoms with Crippen molar-refractivity contribution in [3.8, 4) is 23.0 Å². The molecule has 18 nitrogen and oxygen atoms in total. The van der Waals surface area contributed by atoms with E-state index in [1.54, 1.807) is 50.9 Å². The molecule has 1 fully saturated rings. The Bertz CT molecular complexity index is 2570. The standard InChI is InChI=1S/C43H58N4O12.C9H8O2/c1-21-12-11-13-22(2)42(55)45-33-28(20-44-47-17-15-46(9)16-18-47)37(52)30-31(38(33)53)36(51)26(6)40-32(30)41(54)43(8,59-40)57-19-14-29(56-10)23(3)39(58-27(7)48)25(5)35(50)24(4)34(21)49;10-9(11)7-6-8-4-2-1-3-5-8/h11-14,19-21,23-25,29,34-35,39,49-53H,15-18H2,1-10H3,(H,45,55);1-7H,(H,10,11)/b12-11+,19-14+,22-13-,44-20-;7-6+/t21-,23+,24+,25+,29-,34-,35+,39+,43-;/m0./s1. The molecule has 7 N–H and O–H groups in total. The van der Waals surface area contributed by atoms with E-state index in [1.165, 1.54) is 59.4 Å². The van der Waals surface area contributed by atoms with E-state index in [-0.39, 0.29) is 44.5 Å². The second-order valence-corrected chi connectivity index (χ2v) is 18.2. The predicted molar refractivity (Wildman–Crippen MR) is 264 cm³/mol. The molecular formula is C52H66N4O14. The molecule has 70 heavy (non-hydrogen) atoms. The van der Waals surface area contributed by atoms with Crippen molar-refractivity contribution in [3.05, 3.63) is 94.8 Å². The summed E-state index contributed by atoms with van der Waals surface area (Å²) in [5.74, 6) is -9.27. The van der Waals surface area contributed by atoms with Crippen molar-refractivity contribution in [2.45, 2.75) is 85.6 Å². The van der Waals surface area contributed by atoms with Gasteiger partial charge < -0.3 is 59.8 Å². The number of aromatic hydroxyl groups is 3. The number of rotatable bonds is 6. The maximum absolute atomic E-state index is 14.4. The topological polar surface area (TPSA) is 257 Å². The fourth-order valence-electron chi connectivity index (χ4n) is 8.65. The molecule has 3 aromatic carbocycles. The second-order valence-electron chi connectivity index (χ2n) is 18.2. The number of phenols is 3. The number of aliphatic hydroxyl groups is 2. The van der Waals surface area contributed by atoms with Gasteiger partial charge in [0.1, 0.15) is 23.4 Å². The molecule has 7 rings (SSSR count). The third-order valence-corrected chi connectivity index (χ3v) is 13.1. The van der Waals surface area contributed by atoms with Crippen LogP contribution < -0.4 is 10.1 Å². The van der Waals surface area contributed by atoms with Gasteiger partial charge in [0.05, 0.1) is 53.0 Å². The number of benzene rings is 3. The van der Waals surface area contributed by atoms with Crippen LogP contribution in [0.2, 0.25) is 0 Å². The number of ketones is 1. The predicted octanol–water partition coefficient (Wildman–Crippen LogP) is 6.12. The number of aliphatic carboxylic acids is 1. The summed E-state index contributed by atoms with van der Waals surface area (Å²) in [7, 11) is 3.42. The number of nitrogens with one attached hydrogen (secondary N) is 1. The first kappa shape index (κ1) is 54.2. The Morgan fingerprint density at radius 3 is 2.17 bits per heavy atom. The van der Waals surface area contributed by atoms with E-state index in [1.807, 2.05) is 37.4 Å². The van der Waals surface area contributed by atoms with E-state index in [0.29, 0.717) is 13.1 Å². The van der Waals surface area contributed by atoms with Crippen molar-refractivity contribution in [2.24, 2.45) is 28.8 Å². The summed E-state index contributed by atoms with van der Waals surface area (Å²) in [6.07, 6.45) is 7.54. The number of fused-ring (bicyclic) bond motifs is 14. The Balaban J connectivity index is 0.000000729. The molecule has 0 saturated carbocycles. The second kappa shape index (κ2) is 23.3. The summed E-state index contributed by atoms with van der Waals surface area (Å²) in [6, 6.07) is 9.31. The van der Waals surface area contributed by atoms with Crippen molar-refractivity contribution < 1.29 is 68.8 Å². The fraction of sp³-hybridized carbons (Fsp3) is 0.442. The maximum Gasteiger partial charge on any atom is 0.328 e. The normalized spacial score (nSPS) is 28.6. The smallest absolute Gasteiger partial charge is 0.328 e. The molecule has 0 unspecified atom stereocenters. The molecular weight excluding hydrogens is 905 g/mol. The molecule has 0 radical (unpaired) electrons. The van der Waals surface area contributed by atoms with Crippen LogP contribution in [-0.4, -0.2) is 141 Å². The van der Waals surface area contributed by atoms with Crippen LogP contribution in [-0.2, 0) is 28.6 Å². The Labute approximate surface area is 407 Å². The number of carbonyl (C=O) groups is 4. The van der Waals surface area contributed by atoms with Crippen LogP contribution >= 0.6 is 0 Å². The van der Waals surface area contributed by atoms with Crippen LogP contribution in [0.5, 0.6) is 23.0 Å². The molecule has 4 heterocycles. The molecule has 1 amide bonds. The summed E-state index contributed by atoms with van der Waals surface area (Å²) in [4.78, 5) is 52.7. The summed E-state index contributed by atoms with van der Waals surface area (Å²) < 4.78 is 23.6. The monoisotopic (exact) mass is 970 g/mol. The number of hydrogen-bond donors (Lipinski definition) is 7. The van der Waals surface area contributed by atoms with Gasteiger partial charge in [-0.2, -0.15) is 5.10 Å². The summed E-state index contributed by atoms with van der Waals surface area (Å²) >= 11 is 0. The highest BCUT2D eigenvalue weighted by Gasteiger charge is 2.50. The number of allylic oxidation sites excluding steroid dienone is 2. The number of carboxylic acid groups (broad SMARTS) is 1. The molecule has 18 heteroatoms. The third kappa shape index (κ3) is 12.2. The number of carboxylic acids is 1. The lowest BCUT2D eigenvalue weighted by Crippen LogP contribution is -2.46. The molecule has 4 aliphatic heterocycles. The van der Waals surface area contributed by atoms with Gasteiger partial charge in [0.15, 0.2) is 5.75 Å². The molecule has 378 valence electrons. The number of phenolic OH excluding ortho intramolecular Hbond substituents is 3. The number of Topliss-reactive ketones (excluding diaryl/α,β-unsaturated/α-hetero) is 1. The number of anilines is 1. The van der Waals surface area contributed by atoms with Gasteiger partial charge in [-0.05, 0) is 38.6 Å². The summed E-state index contributed by atoms with van der Waals surface area (Å²) in [5, 5.41) is 75.1. The zero-order valence-electron chi connectivity index (χ0n) is 41.2. The number of carbonyl (C=O) groups excluding carboxylic acids is 3. The van der Waals surface area contributed by atoms with E-state index < -0.39 is 94.8 Å². The summed E-state index contributed by atoms with van der Waals surface area (Å²) in [5.41, 5.74) is 0.548. The van der Waals surface area contributed by atoms with Gasteiger partial charge in [-0.25, -0.2) is 4.79 Å². The Kier molecular flexibility index (Phi) is 18.0. The van der Waals surface area contributed by atoms with Crippen molar-refractivity contribution in [3.63, 3.8) is 0 Å². The van der Waals surface area contributed by atoms with E-state index in [9.17, 15) is 44.7 Å². The van der Waals surface area contributed by atoms with Gasteiger partial charge in [0.2, 0.25) is 0 Å². The zero-order chi connectivity index (χ0) is 51.8. The number of esters is 1. The highest BCUT2D eigenvalue weighted by Crippen LogP contribution is 2.55. The van der Waals surface area contributed by atoms with E-state index in [0.717, 1.165) is 24.7 Å². The van der Waals surface area contributed by atoms with Crippen LogP contribution in [0.25, 0.3) is 16.8 Å². The number of hydrogen-bond acceptors (Lipinski definition) is 16. The lowest BCUT2D eigenvalue weighted by molar-refractivity contribution is -0.160. The Hall–Kier alpha value is -6.73. The van der Waals surface area contributed by atoms with Gasteiger partial charge in [-0.1, -0.05) is 76.3 Å². The van der Waals surface area contributed by atoms with Gasteiger partial charge >= 0.3 is 17.7 Å². The Morgan fingerprint density at radius 1 is 0.900 bits per heavy atom. The number of methoxy groups -OCH3 is 1. The van der Waals surface area contributed by atoms with Gasteiger partial charge in [0.25, 0.3) is 11.7 Å². The van der Waals surface area contributed by atoms with Crippen LogP contribution in [0.15, 0.2) is 77.6 Å². The molecule has 1 saturated heterocycles.